The van der Waals surface area contributed by atoms with Crippen LogP contribution < -0.4 is 9.64 Å². The Labute approximate surface area is 296 Å². The largest absolute Gasteiger partial charge is 0.474 e. The molecule has 2 amide bonds. The molecular formula is C35H40F6N4O7. The van der Waals surface area contributed by atoms with Crippen LogP contribution in [0.25, 0.3) is 11.6 Å². The van der Waals surface area contributed by atoms with Crippen molar-refractivity contribution in [3.8, 4) is 17.5 Å². The summed E-state index contributed by atoms with van der Waals surface area (Å²) in [5.74, 6) is -3.26. The molecule has 4 bridgehead atoms. The summed E-state index contributed by atoms with van der Waals surface area (Å²) in [4.78, 5) is 31.4. The number of alkyl halides is 6. The zero-order chi connectivity index (χ0) is 38.4. The Hall–Kier alpha value is -4.41. The molecule has 0 saturated heterocycles. The Balaban J connectivity index is 1.77. The van der Waals surface area contributed by atoms with Gasteiger partial charge in [0.15, 0.2) is 5.69 Å². The normalized spacial score (nSPS) is 22.4. The van der Waals surface area contributed by atoms with Crippen LogP contribution >= 0.6 is 0 Å². The second-order valence-corrected chi connectivity index (χ2v) is 15.0. The van der Waals surface area contributed by atoms with Gasteiger partial charge in [0, 0.05) is 0 Å². The number of rotatable bonds is 4. The number of imide groups is 1. The molecule has 3 heterocycles. The summed E-state index contributed by atoms with van der Waals surface area (Å²) < 4.78 is 118. The summed E-state index contributed by atoms with van der Waals surface area (Å²) in [5, 5.41) is 7.48. The minimum atomic E-state index is -5.16. The predicted molar refractivity (Wildman–Crippen MR) is 172 cm³/mol. The second-order valence-electron chi connectivity index (χ2n) is 15.0. The Morgan fingerprint density at radius 2 is 1.52 bits per heavy atom. The van der Waals surface area contributed by atoms with Gasteiger partial charge in [-0.25, -0.2) is 14.6 Å². The van der Waals surface area contributed by atoms with Crippen LogP contribution in [0.2, 0.25) is 0 Å². The van der Waals surface area contributed by atoms with Crippen molar-refractivity contribution in [3.63, 3.8) is 0 Å². The first kappa shape index (κ1) is 38.8. The lowest BCUT2D eigenvalue weighted by atomic mass is 9.93. The third-order valence-corrected chi connectivity index (χ3v) is 8.31. The molecular weight excluding hydrogens is 702 g/mol. The number of fused-ring (bicyclic) bond motifs is 6. The van der Waals surface area contributed by atoms with Crippen molar-refractivity contribution >= 4 is 17.9 Å². The predicted octanol–water partition coefficient (Wildman–Crippen LogP) is 9.39. The number of aromatic nitrogens is 3. The number of carbonyl (C=O) groups is 2. The van der Waals surface area contributed by atoms with Crippen LogP contribution in [0.1, 0.15) is 91.2 Å². The van der Waals surface area contributed by atoms with Crippen LogP contribution in [-0.4, -0.2) is 50.9 Å². The van der Waals surface area contributed by atoms with Gasteiger partial charge in [-0.05, 0) is 97.6 Å². The van der Waals surface area contributed by atoms with Gasteiger partial charge in [0.1, 0.15) is 16.8 Å². The van der Waals surface area contributed by atoms with Crippen molar-refractivity contribution in [2.75, 3.05) is 4.90 Å². The molecule has 17 heteroatoms. The summed E-state index contributed by atoms with van der Waals surface area (Å²) in [6.07, 6.45) is -14.0. The summed E-state index contributed by atoms with van der Waals surface area (Å²) in [5.41, 5.74) is -8.49. The van der Waals surface area contributed by atoms with E-state index < -0.39 is 95.1 Å². The van der Waals surface area contributed by atoms with E-state index >= 15 is 13.2 Å². The van der Waals surface area contributed by atoms with Gasteiger partial charge in [0.05, 0.1) is 18.4 Å². The molecule has 1 fully saturated rings. The maximum absolute atomic E-state index is 15.3. The van der Waals surface area contributed by atoms with Gasteiger partial charge < -0.3 is 23.4 Å². The summed E-state index contributed by atoms with van der Waals surface area (Å²) in [6, 6.07) is 8.49. The number of ether oxygens (including phenoxy) is 4. The first-order chi connectivity index (χ1) is 24.0. The Kier molecular flexibility index (Phi) is 10.3. The number of anilines is 1. The highest BCUT2D eigenvalue weighted by molar-refractivity contribution is 6.11. The molecule has 11 nitrogen and oxygen atoms in total. The fourth-order valence-electron chi connectivity index (χ4n) is 5.85. The van der Waals surface area contributed by atoms with Crippen LogP contribution in [0.4, 0.5) is 41.6 Å². The highest BCUT2D eigenvalue weighted by Gasteiger charge is 2.62. The lowest BCUT2D eigenvalue weighted by Crippen LogP contribution is -2.45. The fourth-order valence-corrected chi connectivity index (χ4v) is 5.85. The topological polar surface area (TPSA) is 126 Å². The molecule has 1 aliphatic carbocycles. The standard InChI is InChI=1S/C35H40F6N4O7/c1-19-15-22-16-21(22)13-14-33(35(39,40)41,48-18-20-11-9-8-10-12-20)28-44-43-27(50-28)25-24(17-23(34(36,37)38)26(42-25)49-19)45(29(46)51-31(2,3)4)30(47)52-32(5,6)7/h8-12,17,19,21-22H,13-16,18H2,1-7H3/t19-,21?,22?,33-/m1/s1. The average Bonchev–Trinajstić information content (AvgIpc) is 3.52. The molecule has 5 rings (SSSR count). The fraction of sp³-hybridized carbons (Fsp3) is 0.571. The van der Waals surface area contributed by atoms with Crippen molar-refractivity contribution in [3.05, 3.63) is 53.4 Å². The highest BCUT2D eigenvalue weighted by atomic mass is 19.4. The van der Waals surface area contributed by atoms with E-state index in [0.29, 0.717) is 18.1 Å². The van der Waals surface area contributed by atoms with E-state index in [0.717, 1.165) is 0 Å². The maximum atomic E-state index is 15.3. The summed E-state index contributed by atoms with van der Waals surface area (Å²) >= 11 is 0. The molecule has 2 aromatic heterocycles. The molecule has 2 unspecified atom stereocenters. The summed E-state index contributed by atoms with van der Waals surface area (Å²) in [7, 11) is 0. The third kappa shape index (κ3) is 8.78. The van der Waals surface area contributed by atoms with E-state index in [9.17, 15) is 22.8 Å². The zero-order valence-corrected chi connectivity index (χ0v) is 29.6. The molecule has 3 aromatic rings. The SMILES string of the molecule is C[C@@H]1CC2CC2CC[C@](OCc2ccccc2)(C(F)(F)F)c2nnc(o2)-c2nc(c(C(F)(F)F)cc2N(C(=O)OC(C)(C)C)C(=O)OC(C)(C)C)O1. The minimum absolute atomic E-state index is 0.0110. The smallest absolute Gasteiger partial charge is 0.426 e. The van der Waals surface area contributed by atoms with Gasteiger partial charge >= 0.3 is 24.5 Å². The molecule has 0 radical (unpaired) electrons. The zero-order valence-electron chi connectivity index (χ0n) is 29.6. The number of pyridine rings is 1. The van der Waals surface area contributed by atoms with Crippen molar-refractivity contribution in [2.45, 2.75) is 116 Å². The number of nitrogens with zero attached hydrogens (tertiary/aromatic N) is 4. The number of hydrogen-bond acceptors (Lipinski definition) is 10. The van der Waals surface area contributed by atoms with Crippen molar-refractivity contribution < 1.29 is 59.3 Å². The van der Waals surface area contributed by atoms with Crippen LogP contribution in [-0.2, 0) is 32.6 Å². The van der Waals surface area contributed by atoms with Crippen LogP contribution in [0, 0.1) is 11.8 Å². The van der Waals surface area contributed by atoms with E-state index in [-0.39, 0.29) is 29.6 Å². The lowest BCUT2D eigenvalue weighted by molar-refractivity contribution is -0.300. The highest BCUT2D eigenvalue weighted by Crippen LogP contribution is 2.53. The average molecular weight is 743 g/mol. The number of benzene rings is 1. The molecule has 2 aliphatic rings. The minimum Gasteiger partial charge on any atom is -0.474 e. The van der Waals surface area contributed by atoms with Gasteiger partial charge in [-0.2, -0.15) is 31.2 Å². The monoisotopic (exact) mass is 742 g/mol. The molecule has 0 spiro atoms. The molecule has 1 saturated carbocycles. The van der Waals surface area contributed by atoms with Crippen LogP contribution in [0.15, 0.2) is 40.8 Å². The molecule has 1 aromatic carbocycles. The Morgan fingerprint density at radius 1 is 0.904 bits per heavy atom. The second kappa shape index (κ2) is 13.9. The quantitative estimate of drug-likeness (QED) is 0.239. The number of hydrogen-bond donors (Lipinski definition) is 0. The molecule has 4 atom stereocenters. The number of halogens is 6. The van der Waals surface area contributed by atoms with Crippen molar-refractivity contribution in [1.82, 2.24) is 15.2 Å². The van der Waals surface area contributed by atoms with E-state index in [2.05, 4.69) is 15.2 Å². The third-order valence-electron chi connectivity index (χ3n) is 8.31. The molecule has 284 valence electrons. The van der Waals surface area contributed by atoms with Gasteiger partial charge in [-0.15, -0.1) is 10.2 Å². The van der Waals surface area contributed by atoms with Crippen molar-refractivity contribution in [2.24, 2.45) is 11.8 Å². The molecule has 0 N–H and O–H groups in total. The van der Waals surface area contributed by atoms with Crippen LogP contribution in [0.5, 0.6) is 5.88 Å². The molecule has 52 heavy (non-hydrogen) atoms. The maximum Gasteiger partial charge on any atom is 0.426 e. The van der Waals surface area contributed by atoms with Crippen molar-refractivity contribution in [1.29, 1.82) is 0 Å². The first-order valence-electron chi connectivity index (χ1n) is 16.6. The van der Waals surface area contributed by atoms with Crippen LogP contribution in [0.3, 0.4) is 0 Å². The van der Waals surface area contributed by atoms with Gasteiger partial charge in [0.25, 0.3) is 11.8 Å². The van der Waals surface area contributed by atoms with Gasteiger partial charge in [0.2, 0.25) is 11.5 Å². The number of amides is 2. The van der Waals surface area contributed by atoms with E-state index in [4.69, 9.17) is 23.4 Å². The van der Waals surface area contributed by atoms with E-state index in [1.54, 1.807) is 30.3 Å². The first-order valence-corrected chi connectivity index (χ1v) is 16.6. The summed E-state index contributed by atoms with van der Waals surface area (Å²) in [6.45, 7) is 9.68. The van der Waals surface area contributed by atoms with E-state index in [1.807, 2.05) is 0 Å². The Bertz CT molecular complexity index is 1740. The van der Waals surface area contributed by atoms with Gasteiger partial charge in [-0.3, -0.25) is 0 Å². The number of carbonyl (C=O) groups excluding carboxylic acids is 2. The lowest BCUT2D eigenvalue weighted by Gasteiger charge is -2.33. The Morgan fingerprint density at radius 3 is 2.08 bits per heavy atom. The van der Waals surface area contributed by atoms with Gasteiger partial charge in [-0.1, -0.05) is 30.3 Å². The molecule has 1 aliphatic heterocycles. The van der Waals surface area contributed by atoms with E-state index in [1.165, 1.54) is 48.5 Å².